The molecule has 0 saturated carbocycles. The van der Waals surface area contributed by atoms with Gasteiger partial charge in [0, 0.05) is 19.1 Å². The molecule has 1 saturated heterocycles. The van der Waals surface area contributed by atoms with Crippen molar-refractivity contribution in [1.82, 2.24) is 14.3 Å². The Kier molecular flexibility index (Phi) is 4.50. The van der Waals surface area contributed by atoms with Gasteiger partial charge in [0.25, 0.3) is 0 Å². The first-order valence-electron chi connectivity index (χ1n) is 5.76. The van der Waals surface area contributed by atoms with Crippen LogP contribution in [0.1, 0.15) is 12.8 Å². The molecule has 9 heteroatoms. The van der Waals surface area contributed by atoms with Crippen molar-refractivity contribution in [2.24, 2.45) is 0 Å². The third-order valence-electron chi connectivity index (χ3n) is 2.91. The van der Waals surface area contributed by atoms with Crippen LogP contribution in [0.25, 0.3) is 0 Å². The summed E-state index contributed by atoms with van der Waals surface area (Å²) in [5.41, 5.74) is 0. The predicted molar refractivity (Wildman–Crippen MR) is 75.1 cm³/mol. The molecule has 0 aliphatic carbocycles. The maximum Gasteiger partial charge on any atom is 0.224 e. The molecule has 19 heavy (non-hydrogen) atoms. The highest BCUT2D eigenvalue weighted by molar-refractivity contribution is 7.88. The van der Waals surface area contributed by atoms with Gasteiger partial charge in [0.2, 0.25) is 15.3 Å². The molecule has 0 amide bonds. The summed E-state index contributed by atoms with van der Waals surface area (Å²) in [4.78, 5) is 7.76. The summed E-state index contributed by atoms with van der Waals surface area (Å²) in [7, 11) is -3.17. The van der Waals surface area contributed by atoms with Crippen LogP contribution < -0.4 is 5.32 Å². The molecule has 106 valence electrons. The lowest BCUT2D eigenvalue weighted by Gasteiger charge is -2.31. The molecule has 1 aromatic rings. The van der Waals surface area contributed by atoms with Gasteiger partial charge in [0.1, 0.15) is 10.8 Å². The van der Waals surface area contributed by atoms with Crippen molar-refractivity contribution >= 4 is 39.0 Å². The minimum absolute atomic E-state index is 0.0352. The molecular formula is C10H14Cl2N4O2S. The summed E-state index contributed by atoms with van der Waals surface area (Å²) < 4.78 is 24.5. The first-order valence-corrected chi connectivity index (χ1v) is 8.36. The summed E-state index contributed by atoms with van der Waals surface area (Å²) in [5.74, 6) is 0.432. The van der Waals surface area contributed by atoms with Gasteiger partial charge in [-0.1, -0.05) is 11.6 Å². The molecule has 1 aromatic heterocycles. The van der Waals surface area contributed by atoms with Crippen molar-refractivity contribution in [2.45, 2.75) is 18.9 Å². The first-order chi connectivity index (χ1) is 8.86. The van der Waals surface area contributed by atoms with Crippen LogP contribution in [-0.4, -0.2) is 48.1 Å². The lowest BCUT2D eigenvalue weighted by molar-refractivity contribution is 0.329. The number of rotatable bonds is 3. The number of hydrogen-bond acceptors (Lipinski definition) is 5. The SMILES string of the molecule is CS(=O)(=O)N1CCC[C@H](Nc2nc(Cl)ncc2Cl)C1. The Morgan fingerprint density at radius 3 is 2.89 bits per heavy atom. The highest BCUT2D eigenvalue weighted by Crippen LogP contribution is 2.23. The van der Waals surface area contributed by atoms with Gasteiger partial charge in [-0.15, -0.1) is 0 Å². The lowest BCUT2D eigenvalue weighted by Crippen LogP contribution is -2.44. The molecule has 1 atom stereocenters. The van der Waals surface area contributed by atoms with E-state index in [0.29, 0.717) is 23.9 Å². The van der Waals surface area contributed by atoms with Crippen LogP contribution in [-0.2, 0) is 10.0 Å². The van der Waals surface area contributed by atoms with Gasteiger partial charge in [-0.25, -0.2) is 17.7 Å². The Hall–Kier alpha value is -0.630. The zero-order valence-electron chi connectivity index (χ0n) is 10.3. The zero-order valence-corrected chi connectivity index (χ0v) is 12.6. The van der Waals surface area contributed by atoms with E-state index in [1.54, 1.807) is 0 Å². The van der Waals surface area contributed by atoms with E-state index in [0.717, 1.165) is 12.8 Å². The normalized spacial score (nSPS) is 21.3. The van der Waals surface area contributed by atoms with Crippen LogP contribution in [0.5, 0.6) is 0 Å². The van der Waals surface area contributed by atoms with Crippen molar-refractivity contribution in [3.05, 3.63) is 16.5 Å². The topological polar surface area (TPSA) is 75.2 Å². The molecule has 0 unspecified atom stereocenters. The van der Waals surface area contributed by atoms with E-state index in [1.165, 1.54) is 16.8 Å². The third-order valence-corrected chi connectivity index (χ3v) is 4.64. The second-order valence-corrected chi connectivity index (χ2v) is 7.17. The van der Waals surface area contributed by atoms with Gasteiger partial charge < -0.3 is 5.32 Å². The van der Waals surface area contributed by atoms with Gasteiger partial charge in [0.15, 0.2) is 0 Å². The average Bonchev–Trinajstić information content (AvgIpc) is 2.33. The number of nitrogens with zero attached hydrogens (tertiary/aromatic N) is 3. The van der Waals surface area contributed by atoms with Crippen LogP contribution in [0.3, 0.4) is 0 Å². The highest BCUT2D eigenvalue weighted by atomic mass is 35.5. The minimum Gasteiger partial charge on any atom is -0.365 e. The molecule has 0 spiro atoms. The first kappa shape index (κ1) is 14.8. The fraction of sp³-hybridized carbons (Fsp3) is 0.600. The van der Waals surface area contributed by atoms with E-state index in [4.69, 9.17) is 23.2 Å². The summed E-state index contributed by atoms with van der Waals surface area (Å²) in [6.45, 7) is 0.950. The Labute approximate surface area is 122 Å². The number of halogens is 2. The van der Waals surface area contributed by atoms with E-state index in [1.807, 2.05) is 0 Å². The second kappa shape index (κ2) is 5.78. The number of hydrogen-bond donors (Lipinski definition) is 1. The zero-order chi connectivity index (χ0) is 14.0. The number of piperidine rings is 1. The fourth-order valence-electron chi connectivity index (χ4n) is 2.00. The monoisotopic (exact) mass is 324 g/mol. The summed E-state index contributed by atoms with van der Waals surface area (Å²) in [6, 6.07) is -0.0352. The van der Waals surface area contributed by atoms with Crippen molar-refractivity contribution in [2.75, 3.05) is 24.7 Å². The molecule has 6 nitrogen and oxygen atoms in total. The molecule has 2 heterocycles. The molecule has 0 radical (unpaired) electrons. The van der Waals surface area contributed by atoms with Gasteiger partial charge in [0.05, 0.1) is 12.5 Å². The van der Waals surface area contributed by atoms with Crippen molar-refractivity contribution < 1.29 is 8.42 Å². The molecule has 0 aromatic carbocycles. The van der Waals surface area contributed by atoms with Gasteiger partial charge in [-0.2, -0.15) is 4.98 Å². The van der Waals surface area contributed by atoms with Crippen LogP contribution in [0.15, 0.2) is 6.20 Å². The van der Waals surface area contributed by atoms with E-state index < -0.39 is 10.0 Å². The lowest BCUT2D eigenvalue weighted by atomic mass is 10.1. The van der Waals surface area contributed by atoms with E-state index >= 15 is 0 Å². The molecular weight excluding hydrogens is 311 g/mol. The highest BCUT2D eigenvalue weighted by Gasteiger charge is 2.26. The minimum atomic E-state index is -3.17. The van der Waals surface area contributed by atoms with Crippen molar-refractivity contribution in [3.63, 3.8) is 0 Å². The van der Waals surface area contributed by atoms with Crippen LogP contribution in [0, 0.1) is 0 Å². The third kappa shape index (κ3) is 3.92. The summed E-state index contributed by atoms with van der Waals surface area (Å²) >= 11 is 11.7. The van der Waals surface area contributed by atoms with Gasteiger partial charge >= 0.3 is 0 Å². The number of aromatic nitrogens is 2. The van der Waals surface area contributed by atoms with Gasteiger partial charge in [-0.05, 0) is 24.4 Å². The standard InChI is InChI=1S/C10H14Cl2N4O2S/c1-19(17,18)16-4-2-3-7(6-16)14-9-8(11)5-13-10(12)15-9/h5,7H,2-4,6H2,1H3,(H,13,14,15)/t7-/m0/s1. The predicted octanol–water partition coefficient (Wildman–Crippen LogP) is 1.62. The van der Waals surface area contributed by atoms with E-state index in [9.17, 15) is 8.42 Å². The molecule has 1 N–H and O–H groups in total. The summed E-state index contributed by atoms with van der Waals surface area (Å²) in [5, 5.41) is 3.58. The fourth-order valence-corrected chi connectivity index (χ4v) is 3.19. The maximum absolute atomic E-state index is 11.5. The Morgan fingerprint density at radius 2 is 2.21 bits per heavy atom. The largest absolute Gasteiger partial charge is 0.365 e. The van der Waals surface area contributed by atoms with Crippen molar-refractivity contribution in [3.8, 4) is 0 Å². The number of sulfonamides is 1. The molecule has 2 rings (SSSR count). The number of nitrogens with one attached hydrogen (secondary N) is 1. The Balaban J connectivity index is 2.09. The molecule has 1 aliphatic heterocycles. The molecule has 0 bridgehead atoms. The second-order valence-electron chi connectivity index (χ2n) is 4.44. The van der Waals surface area contributed by atoms with Crippen molar-refractivity contribution in [1.29, 1.82) is 0 Å². The Bertz CT molecular complexity index is 567. The van der Waals surface area contributed by atoms with E-state index in [-0.39, 0.29) is 11.3 Å². The van der Waals surface area contributed by atoms with Crippen LogP contribution in [0.2, 0.25) is 10.3 Å². The van der Waals surface area contributed by atoms with Crippen LogP contribution >= 0.6 is 23.2 Å². The number of anilines is 1. The quantitative estimate of drug-likeness (QED) is 0.855. The Morgan fingerprint density at radius 1 is 1.47 bits per heavy atom. The summed E-state index contributed by atoms with van der Waals surface area (Å²) in [6.07, 6.45) is 4.27. The smallest absolute Gasteiger partial charge is 0.224 e. The van der Waals surface area contributed by atoms with E-state index in [2.05, 4.69) is 15.3 Å². The molecule has 1 aliphatic rings. The maximum atomic E-state index is 11.5. The van der Waals surface area contributed by atoms with Gasteiger partial charge in [-0.3, -0.25) is 0 Å². The average molecular weight is 325 g/mol. The molecule has 1 fully saturated rings. The van der Waals surface area contributed by atoms with Crippen LogP contribution in [0.4, 0.5) is 5.82 Å².